The molecule has 1 saturated carbocycles. The van der Waals surface area contributed by atoms with Crippen LogP contribution in [0.5, 0.6) is 0 Å². The number of nitrogens with one attached hydrogen (secondary N) is 1. The molecule has 11 heteroatoms. The molecular weight excluding hydrogens is 510 g/mol. The van der Waals surface area contributed by atoms with Crippen LogP contribution in [-0.4, -0.2) is 59.3 Å². The number of aliphatic hydroxyl groups is 2. The molecule has 0 bridgehead atoms. The number of benzene rings is 2. The zero-order chi connectivity index (χ0) is 27.3. The van der Waals surface area contributed by atoms with Crippen LogP contribution in [0.15, 0.2) is 48.5 Å². The molecule has 4 rings (SSSR count). The van der Waals surface area contributed by atoms with Crippen LogP contribution in [0.2, 0.25) is 0 Å². The molecule has 0 radical (unpaired) electrons. The Kier molecular flexibility index (Phi) is 9.04. The summed E-state index contributed by atoms with van der Waals surface area (Å²) in [4.78, 5) is 13.4. The maximum absolute atomic E-state index is 13.4. The Hall–Kier alpha value is -2.57. The molecule has 3 N–H and O–H groups in total. The molecule has 2 aromatic carbocycles. The van der Waals surface area contributed by atoms with Gasteiger partial charge in [0.15, 0.2) is 5.60 Å². The molecule has 5 atom stereocenters. The fourth-order valence-corrected chi connectivity index (χ4v) is 4.73. The molecule has 1 amide bonds. The van der Waals surface area contributed by atoms with E-state index in [1.54, 1.807) is 0 Å². The van der Waals surface area contributed by atoms with Gasteiger partial charge in [-0.3, -0.25) is 4.79 Å². The zero-order valence-electron chi connectivity index (χ0n) is 20.6. The molecule has 0 spiro atoms. The molecular formula is C27H31F4NO6. The molecule has 2 aliphatic rings. The average Bonchev–Trinajstić information content (AvgIpc) is 3.41. The first-order valence-electron chi connectivity index (χ1n) is 12.5. The smallest absolute Gasteiger partial charge is 0.390 e. The van der Waals surface area contributed by atoms with Gasteiger partial charge < -0.3 is 29.7 Å². The van der Waals surface area contributed by atoms with E-state index in [4.69, 9.17) is 14.2 Å². The monoisotopic (exact) mass is 541 g/mol. The highest BCUT2D eigenvalue weighted by Gasteiger charge is 2.51. The van der Waals surface area contributed by atoms with Crippen molar-refractivity contribution in [1.29, 1.82) is 0 Å². The maximum atomic E-state index is 13.4. The number of rotatable bonds is 9. The number of halogens is 4. The third-order valence-corrected chi connectivity index (χ3v) is 6.95. The molecule has 1 saturated heterocycles. The highest BCUT2D eigenvalue weighted by molar-refractivity contribution is 5.85. The molecule has 2 fully saturated rings. The topological polar surface area (TPSA) is 97.3 Å². The van der Waals surface area contributed by atoms with Crippen molar-refractivity contribution in [2.45, 2.75) is 75.1 Å². The lowest BCUT2D eigenvalue weighted by atomic mass is 9.78. The van der Waals surface area contributed by atoms with Crippen LogP contribution in [0.4, 0.5) is 17.6 Å². The largest absolute Gasteiger partial charge is 0.416 e. The minimum absolute atomic E-state index is 0.0674. The summed E-state index contributed by atoms with van der Waals surface area (Å²) in [7, 11) is 0. The van der Waals surface area contributed by atoms with Crippen molar-refractivity contribution in [1.82, 2.24) is 5.32 Å². The van der Waals surface area contributed by atoms with Gasteiger partial charge in [0.2, 0.25) is 0 Å². The second kappa shape index (κ2) is 12.1. The predicted molar refractivity (Wildman–Crippen MR) is 127 cm³/mol. The lowest BCUT2D eigenvalue weighted by Gasteiger charge is -2.44. The standard InChI is InChI=1S/C27H31F4NO6/c28-20-9-5-18(6-10-20)16-38-26(25(35)32-14-21-2-1-11-36-21)12-22(33)24(34)23(13-26)37-15-17-3-7-19(8-4-17)27(29,30)31/h3-10,21-24,33-34H,1-2,11-16H2,(H,32,35)/t21?,22-,23?,24-,26+/m1/s1. The number of hydrogen-bond donors (Lipinski definition) is 3. The van der Waals surface area contributed by atoms with Crippen LogP contribution in [-0.2, 0) is 38.4 Å². The quantitative estimate of drug-likeness (QED) is 0.421. The lowest BCUT2D eigenvalue weighted by Crippen LogP contribution is -2.61. The van der Waals surface area contributed by atoms with Crippen molar-refractivity contribution < 1.29 is 46.8 Å². The Bertz CT molecular complexity index is 1060. The van der Waals surface area contributed by atoms with Crippen LogP contribution < -0.4 is 5.32 Å². The zero-order valence-corrected chi connectivity index (χ0v) is 20.6. The van der Waals surface area contributed by atoms with Gasteiger partial charge in [-0.15, -0.1) is 0 Å². The van der Waals surface area contributed by atoms with Crippen molar-refractivity contribution in [2.24, 2.45) is 0 Å². The van der Waals surface area contributed by atoms with Gasteiger partial charge in [-0.25, -0.2) is 4.39 Å². The summed E-state index contributed by atoms with van der Waals surface area (Å²) in [6.07, 6.45) is -7.04. The molecule has 0 aromatic heterocycles. The predicted octanol–water partition coefficient (Wildman–Crippen LogP) is 3.50. The van der Waals surface area contributed by atoms with Crippen LogP contribution >= 0.6 is 0 Å². The fraction of sp³-hybridized carbons (Fsp3) is 0.519. The molecule has 1 aliphatic carbocycles. The van der Waals surface area contributed by atoms with E-state index in [-0.39, 0.29) is 38.7 Å². The van der Waals surface area contributed by atoms with Crippen LogP contribution in [0, 0.1) is 5.82 Å². The normalized spacial score (nSPS) is 27.8. The maximum Gasteiger partial charge on any atom is 0.416 e. The minimum Gasteiger partial charge on any atom is -0.390 e. The van der Waals surface area contributed by atoms with E-state index in [0.717, 1.165) is 25.0 Å². The van der Waals surface area contributed by atoms with E-state index in [2.05, 4.69) is 5.32 Å². The molecule has 7 nitrogen and oxygen atoms in total. The van der Waals surface area contributed by atoms with E-state index in [0.29, 0.717) is 17.7 Å². The Balaban J connectivity index is 1.48. The lowest BCUT2D eigenvalue weighted by molar-refractivity contribution is -0.200. The van der Waals surface area contributed by atoms with Crippen LogP contribution in [0.25, 0.3) is 0 Å². The summed E-state index contributed by atoms with van der Waals surface area (Å²) in [5.74, 6) is -0.935. The van der Waals surface area contributed by atoms with Gasteiger partial charge in [0.25, 0.3) is 5.91 Å². The highest BCUT2D eigenvalue weighted by atomic mass is 19.4. The Morgan fingerprint density at radius 2 is 1.68 bits per heavy atom. The molecule has 208 valence electrons. The summed E-state index contributed by atoms with van der Waals surface area (Å²) >= 11 is 0. The number of hydrogen-bond acceptors (Lipinski definition) is 6. The summed E-state index contributed by atoms with van der Waals surface area (Å²) in [6, 6.07) is 9.94. The first-order chi connectivity index (χ1) is 18.1. The second-order valence-electron chi connectivity index (χ2n) is 9.76. The third-order valence-electron chi connectivity index (χ3n) is 6.95. The average molecular weight is 542 g/mol. The molecule has 2 unspecified atom stereocenters. The second-order valence-corrected chi connectivity index (χ2v) is 9.76. The molecule has 1 aliphatic heterocycles. The van der Waals surface area contributed by atoms with Gasteiger partial charge in [0.05, 0.1) is 37.1 Å². The summed E-state index contributed by atoms with van der Waals surface area (Å²) in [5.41, 5.74) is -1.37. The number of carbonyl (C=O) groups excluding carboxylic acids is 1. The summed E-state index contributed by atoms with van der Waals surface area (Å²) < 4.78 is 69.4. The van der Waals surface area contributed by atoms with E-state index >= 15 is 0 Å². The number of ether oxygens (including phenoxy) is 3. The fourth-order valence-electron chi connectivity index (χ4n) is 4.73. The first kappa shape index (κ1) is 28.4. The Morgan fingerprint density at radius 1 is 1.03 bits per heavy atom. The first-order valence-corrected chi connectivity index (χ1v) is 12.5. The van der Waals surface area contributed by atoms with Crippen LogP contribution in [0.1, 0.15) is 42.4 Å². The van der Waals surface area contributed by atoms with Crippen molar-refractivity contribution in [3.63, 3.8) is 0 Å². The molecule has 1 heterocycles. The highest BCUT2D eigenvalue weighted by Crippen LogP contribution is 2.36. The van der Waals surface area contributed by atoms with E-state index < -0.39 is 47.4 Å². The van der Waals surface area contributed by atoms with E-state index in [1.807, 2.05) is 0 Å². The van der Waals surface area contributed by atoms with Gasteiger partial charge in [-0.1, -0.05) is 24.3 Å². The van der Waals surface area contributed by atoms with E-state index in [9.17, 15) is 32.6 Å². The minimum atomic E-state index is -4.47. The van der Waals surface area contributed by atoms with Gasteiger partial charge in [0.1, 0.15) is 11.9 Å². The van der Waals surface area contributed by atoms with Crippen molar-refractivity contribution in [3.8, 4) is 0 Å². The van der Waals surface area contributed by atoms with Crippen molar-refractivity contribution >= 4 is 5.91 Å². The van der Waals surface area contributed by atoms with E-state index in [1.165, 1.54) is 36.4 Å². The number of carbonyl (C=O) groups is 1. The Labute approximate surface area is 217 Å². The van der Waals surface area contributed by atoms with Gasteiger partial charge in [-0.2, -0.15) is 13.2 Å². The molecule has 38 heavy (non-hydrogen) atoms. The van der Waals surface area contributed by atoms with Crippen molar-refractivity contribution in [2.75, 3.05) is 13.2 Å². The number of amides is 1. The van der Waals surface area contributed by atoms with Crippen molar-refractivity contribution in [3.05, 3.63) is 71.0 Å². The third kappa shape index (κ3) is 7.09. The summed E-state index contributed by atoms with van der Waals surface area (Å²) in [6.45, 7) is 0.633. The van der Waals surface area contributed by atoms with Gasteiger partial charge >= 0.3 is 6.18 Å². The number of aliphatic hydroxyl groups excluding tert-OH is 2. The van der Waals surface area contributed by atoms with Gasteiger partial charge in [0, 0.05) is 26.0 Å². The van der Waals surface area contributed by atoms with Gasteiger partial charge in [-0.05, 0) is 48.2 Å². The molecule has 2 aromatic rings. The van der Waals surface area contributed by atoms with Crippen LogP contribution in [0.3, 0.4) is 0 Å². The summed E-state index contributed by atoms with van der Waals surface area (Å²) in [5, 5.41) is 24.1. The SMILES string of the molecule is O=C(NCC1CCCO1)[C@@]1(OCc2ccc(F)cc2)CC(OCc2ccc(C(F)(F)F)cc2)[C@H](O)[C@H](O)C1. The number of alkyl halides is 3. The Morgan fingerprint density at radius 3 is 2.32 bits per heavy atom.